The Balaban J connectivity index is 2.78. The Morgan fingerprint density at radius 3 is 2.61 bits per heavy atom. The summed E-state index contributed by atoms with van der Waals surface area (Å²) in [5, 5.41) is 7.97. The molecule has 0 atom stereocenters. The van der Waals surface area contributed by atoms with Gasteiger partial charge in [0, 0.05) is 45.5 Å². The van der Waals surface area contributed by atoms with Crippen molar-refractivity contribution in [1.82, 2.24) is 24.9 Å². The van der Waals surface area contributed by atoms with Gasteiger partial charge in [-0.1, -0.05) is 20.8 Å². The molecule has 0 unspecified atom stereocenters. The van der Waals surface area contributed by atoms with Gasteiger partial charge in [0.15, 0.2) is 5.96 Å². The third kappa shape index (κ3) is 6.22. The van der Waals surface area contributed by atoms with E-state index in [1.807, 2.05) is 11.7 Å². The Morgan fingerprint density at radius 2 is 2.04 bits per heavy atom. The maximum absolute atomic E-state index is 4.74. The number of nitrogens with one attached hydrogen (secondary N) is 1. The van der Waals surface area contributed by atoms with Crippen molar-refractivity contribution >= 4 is 5.96 Å². The van der Waals surface area contributed by atoms with Crippen LogP contribution in [-0.4, -0.2) is 65.8 Å². The van der Waals surface area contributed by atoms with Gasteiger partial charge in [-0.15, -0.1) is 0 Å². The zero-order valence-corrected chi connectivity index (χ0v) is 15.9. The predicted molar refractivity (Wildman–Crippen MR) is 97.9 cm³/mol. The highest BCUT2D eigenvalue weighted by Gasteiger charge is 2.15. The molecule has 132 valence electrons. The van der Waals surface area contributed by atoms with Crippen LogP contribution in [0.25, 0.3) is 0 Å². The van der Waals surface area contributed by atoms with Crippen LogP contribution in [-0.2, 0) is 13.6 Å². The fraction of sp³-hybridized carbons (Fsp3) is 0.765. The molecule has 1 aromatic heterocycles. The first-order valence-electron chi connectivity index (χ1n) is 8.59. The number of likely N-dealkylation sites (N-methyl/N-ethyl adjacent to an activating group) is 1. The summed E-state index contributed by atoms with van der Waals surface area (Å²) in [5.74, 6) is 1.38. The maximum atomic E-state index is 4.74. The minimum absolute atomic E-state index is 0.428. The lowest BCUT2D eigenvalue weighted by Gasteiger charge is -2.23. The first kappa shape index (κ1) is 19.5. The molecule has 1 rings (SSSR count). The summed E-state index contributed by atoms with van der Waals surface area (Å²) < 4.78 is 1.90. The lowest BCUT2D eigenvalue weighted by atomic mass is 10.1. The van der Waals surface area contributed by atoms with E-state index in [0.29, 0.717) is 5.92 Å². The fourth-order valence-electron chi connectivity index (χ4n) is 2.45. The number of rotatable bonds is 8. The van der Waals surface area contributed by atoms with Gasteiger partial charge < -0.3 is 15.1 Å². The molecule has 1 N–H and O–H groups in total. The van der Waals surface area contributed by atoms with Crippen LogP contribution < -0.4 is 5.32 Å². The lowest BCUT2D eigenvalue weighted by Crippen LogP contribution is -2.39. The molecule has 0 fully saturated rings. The average molecular weight is 323 g/mol. The van der Waals surface area contributed by atoms with E-state index in [1.165, 1.54) is 11.3 Å². The van der Waals surface area contributed by atoms with Crippen molar-refractivity contribution in [1.29, 1.82) is 0 Å². The van der Waals surface area contributed by atoms with Gasteiger partial charge in [0.1, 0.15) is 0 Å². The van der Waals surface area contributed by atoms with Crippen LogP contribution in [0.3, 0.4) is 0 Å². The normalized spacial score (nSPS) is 12.3. The van der Waals surface area contributed by atoms with Gasteiger partial charge in [0.25, 0.3) is 0 Å². The Bertz CT molecular complexity index is 491. The molecule has 23 heavy (non-hydrogen) atoms. The van der Waals surface area contributed by atoms with Gasteiger partial charge in [0.2, 0.25) is 0 Å². The van der Waals surface area contributed by atoms with E-state index < -0.39 is 0 Å². The van der Waals surface area contributed by atoms with Crippen LogP contribution in [0, 0.1) is 0 Å². The van der Waals surface area contributed by atoms with Crippen molar-refractivity contribution in [3.05, 3.63) is 17.5 Å². The monoisotopic (exact) mass is 322 g/mol. The summed E-state index contributed by atoms with van der Waals surface area (Å²) >= 11 is 0. The summed E-state index contributed by atoms with van der Waals surface area (Å²) in [5.41, 5.74) is 2.43. The van der Waals surface area contributed by atoms with Gasteiger partial charge in [-0.05, 0) is 26.4 Å². The van der Waals surface area contributed by atoms with Crippen LogP contribution in [0.2, 0.25) is 0 Å². The van der Waals surface area contributed by atoms with Gasteiger partial charge in [-0.2, -0.15) is 5.10 Å². The third-order valence-corrected chi connectivity index (χ3v) is 3.87. The first-order chi connectivity index (χ1) is 10.9. The third-order valence-electron chi connectivity index (χ3n) is 3.87. The molecule has 0 bridgehead atoms. The number of aromatic nitrogens is 2. The summed E-state index contributed by atoms with van der Waals surface area (Å²) in [6.45, 7) is 13.2. The number of hydrogen-bond acceptors (Lipinski definition) is 3. The second-order valence-electron chi connectivity index (χ2n) is 6.36. The van der Waals surface area contributed by atoms with Crippen LogP contribution in [0.15, 0.2) is 11.2 Å². The number of hydrogen-bond donors (Lipinski definition) is 1. The number of guanidine groups is 1. The van der Waals surface area contributed by atoms with Crippen molar-refractivity contribution < 1.29 is 0 Å². The van der Waals surface area contributed by atoms with E-state index in [0.717, 1.165) is 38.7 Å². The van der Waals surface area contributed by atoms with E-state index in [9.17, 15) is 0 Å². The molecule has 6 heteroatoms. The van der Waals surface area contributed by atoms with Crippen molar-refractivity contribution in [2.45, 2.75) is 40.2 Å². The second kappa shape index (κ2) is 9.55. The van der Waals surface area contributed by atoms with Crippen LogP contribution in [0.5, 0.6) is 0 Å². The SMILES string of the molecule is CCNC(=NCCN(C)CC)N(C)Cc1cn(C)nc1C(C)C. The predicted octanol–water partition coefficient (Wildman–Crippen LogP) is 1.89. The summed E-state index contributed by atoms with van der Waals surface area (Å²) in [6, 6.07) is 0. The molecule has 1 aromatic rings. The van der Waals surface area contributed by atoms with Crippen LogP contribution in [0.4, 0.5) is 0 Å². The van der Waals surface area contributed by atoms with Crippen LogP contribution >= 0.6 is 0 Å². The van der Waals surface area contributed by atoms with Crippen LogP contribution in [0.1, 0.15) is 44.9 Å². The highest BCUT2D eigenvalue weighted by Crippen LogP contribution is 2.18. The molecule has 0 aliphatic carbocycles. The molecule has 0 aliphatic heterocycles. The Morgan fingerprint density at radius 1 is 1.35 bits per heavy atom. The quantitative estimate of drug-likeness (QED) is 0.586. The summed E-state index contributed by atoms with van der Waals surface area (Å²) in [4.78, 5) is 9.19. The highest BCUT2D eigenvalue weighted by atomic mass is 15.3. The van der Waals surface area contributed by atoms with Crippen molar-refractivity contribution in [2.75, 3.05) is 40.3 Å². The van der Waals surface area contributed by atoms with Crippen molar-refractivity contribution in [3.63, 3.8) is 0 Å². The van der Waals surface area contributed by atoms with Gasteiger partial charge in [0.05, 0.1) is 12.2 Å². The van der Waals surface area contributed by atoms with Crippen molar-refractivity contribution in [3.8, 4) is 0 Å². The van der Waals surface area contributed by atoms with Gasteiger partial charge in [-0.25, -0.2) is 0 Å². The molecule has 0 radical (unpaired) electrons. The van der Waals surface area contributed by atoms with E-state index in [4.69, 9.17) is 4.99 Å². The Labute approximate surface area is 141 Å². The zero-order chi connectivity index (χ0) is 17.4. The summed E-state index contributed by atoms with van der Waals surface area (Å²) in [6.07, 6.45) is 2.11. The second-order valence-corrected chi connectivity index (χ2v) is 6.36. The number of aryl methyl sites for hydroxylation is 1. The smallest absolute Gasteiger partial charge is 0.194 e. The van der Waals surface area contributed by atoms with Gasteiger partial charge in [-0.3, -0.25) is 9.67 Å². The van der Waals surface area contributed by atoms with Crippen molar-refractivity contribution in [2.24, 2.45) is 12.0 Å². The van der Waals surface area contributed by atoms with E-state index in [2.05, 4.69) is 68.2 Å². The molecular weight excluding hydrogens is 288 g/mol. The average Bonchev–Trinajstić information content (AvgIpc) is 2.86. The molecule has 0 saturated heterocycles. The topological polar surface area (TPSA) is 48.7 Å². The minimum atomic E-state index is 0.428. The summed E-state index contributed by atoms with van der Waals surface area (Å²) in [7, 11) is 6.19. The molecular formula is C17H34N6. The fourth-order valence-corrected chi connectivity index (χ4v) is 2.45. The largest absolute Gasteiger partial charge is 0.357 e. The number of aliphatic imine (C=N–C) groups is 1. The Hall–Kier alpha value is -1.56. The molecule has 0 saturated carbocycles. The molecule has 6 nitrogen and oxygen atoms in total. The Kier molecular flexibility index (Phi) is 8.09. The number of nitrogens with zero attached hydrogens (tertiary/aromatic N) is 5. The van der Waals surface area contributed by atoms with E-state index >= 15 is 0 Å². The molecule has 0 aliphatic rings. The molecule has 0 spiro atoms. The zero-order valence-electron chi connectivity index (χ0n) is 15.9. The maximum Gasteiger partial charge on any atom is 0.194 e. The lowest BCUT2D eigenvalue weighted by molar-refractivity contribution is 0.361. The van der Waals surface area contributed by atoms with E-state index in [-0.39, 0.29) is 0 Å². The van der Waals surface area contributed by atoms with Gasteiger partial charge >= 0.3 is 0 Å². The minimum Gasteiger partial charge on any atom is -0.357 e. The highest BCUT2D eigenvalue weighted by molar-refractivity contribution is 5.79. The molecule has 0 aromatic carbocycles. The standard InChI is InChI=1S/C17H34N6/c1-8-18-17(19-10-11-21(5)9-2)22(6)12-15-13-23(7)20-16(15)14(3)4/h13-14H,8-12H2,1-7H3,(H,18,19). The first-order valence-corrected chi connectivity index (χ1v) is 8.59. The van der Waals surface area contributed by atoms with E-state index in [1.54, 1.807) is 0 Å². The molecule has 0 amide bonds. The molecule has 1 heterocycles.